The zero-order valence-corrected chi connectivity index (χ0v) is 10.8. The molecule has 0 aliphatic heterocycles. The van der Waals surface area contributed by atoms with Gasteiger partial charge >= 0.3 is 0 Å². The second-order valence-electron chi connectivity index (χ2n) is 4.01. The number of hydrogen-bond acceptors (Lipinski definition) is 0. The molecule has 2 aromatic carbocycles. The van der Waals surface area contributed by atoms with E-state index in [-0.39, 0.29) is 12.0 Å². The summed E-state index contributed by atoms with van der Waals surface area (Å²) < 4.78 is 28.0. The van der Waals surface area contributed by atoms with Crippen LogP contribution in [0.25, 0.3) is 0 Å². The lowest BCUT2D eigenvalue weighted by atomic mass is 10.0. The second kappa shape index (κ2) is 5.25. The smallest absolute Gasteiger partial charge is 0.201 e. The molecular formula is C14H10Cl2F2. The number of benzene rings is 2. The van der Waals surface area contributed by atoms with Crippen LogP contribution in [0.2, 0.25) is 10.0 Å². The highest BCUT2D eigenvalue weighted by Crippen LogP contribution is 2.32. The van der Waals surface area contributed by atoms with Gasteiger partial charge in [-0.15, -0.1) is 0 Å². The summed E-state index contributed by atoms with van der Waals surface area (Å²) in [6, 6.07) is 12.0. The number of halogens is 4. The Balaban J connectivity index is 2.20. The van der Waals surface area contributed by atoms with Gasteiger partial charge in [0.2, 0.25) is 0 Å². The lowest BCUT2D eigenvalue weighted by Crippen LogP contribution is -2.16. The molecule has 0 fully saturated rings. The third kappa shape index (κ3) is 3.21. The van der Waals surface area contributed by atoms with Crippen molar-refractivity contribution >= 4 is 23.2 Å². The van der Waals surface area contributed by atoms with E-state index in [1.165, 1.54) is 24.3 Å². The molecule has 0 aliphatic rings. The largest absolute Gasteiger partial charge is 0.277 e. The average molecular weight is 287 g/mol. The Labute approximate surface area is 114 Å². The van der Waals surface area contributed by atoms with Gasteiger partial charge in [0.05, 0.1) is 0 Å². The Morgan fingerprint density at radius 1 is 0.778 bits per heavy atom. The molecule has 18 heavy (non-hydrogen) atoms. The van der Waals surface area contributed by atoms with Crippen LogP contribution in [0.15, 0.2) is 48.5 Å². The summed E-state index contributed by atoms with van der Waals surface area (Å²) in [4.78, 5) is 0. The van der Waals surface area contributed by atoms with Gasteiger partial charge < -0.3 is 0 Å². The van der Waals surface area contributed by atoms with Crippen molar-refractivity contribution in [2.24, 2.45) is 0 Å². The van der Waals surface area contributed by atoms with Crippen LogP contribution >= 0.6 is 23.2 Å². The maximum Gasteiger partial charge on any atom is 0.277 e. The van der Waals surface area contributed by atoms with Crippen LogP contribution in [0.3, 0.4) is 0 Å². The molecule has 2 aromatic rings. The van der Waals surface area contributed by atoms with Gasteiger partial charge in [-0.3, -0.25) is 0 Å². The van der Waals surface area contributed by atoms with Crippen molar-refractivity contribution in [3.63, 3.8) is 0 Å². The average Bonchev–Trinajstić information content (AvgIpc) is 2.32. The maximum absolute atomic E-state index is 14.0. The van der Waals surface area contributed by atoms with Crippen LogP contribution < -0.4 is 0 Å². The molecule has 94 valence electrons. The molecule has 0 spiro atoms. The Morgan fingerprint density at radius 2 is 1.22 bits per heavy atom. The van der Waals surface area contributed by atoms with Crippen molar-refractivity contribution < 1.29 is 8.78 Å². The van der Waals surface area contributed by atoms with Gasteiger partial charge in [0, 0.05) is 22.0 Å². The molecule has 4 heteroatoms. The van der Waals surface area contributed by atoms with Crippen LogP contribution in [0.5, 0.6) is 0 Å². The van der Waals surface area contributed by atoms with Gasteiger partial charge in [0.25, 0.3) is 5.92 Å². The fraction of sp³-hybridized carbons (Fsp3) is 0.143. The van der Waals surface area contributed by atoms with Crippen LogP contribution in [0, 0.1) is 0 Å². The summed E-state index contributed by atoms with van der Waals surface area (Å²) in [6.07, 6.45) is -0.355. The van der Waals surface area contributed by atoms with Crippen molar-refractivity contribution in [1.29, 1.82) is 0 Å². The quantitative estimate of drug-likeness (QED) is 0.716. The molecule has 0 aromatic heterocycles. The highest BCUT2D eigenvalue weighted by molar-refractivity contribution is 6.30. The molecule has 0 nitrogen and oxygen atoms in total. The molecule has 0 atom stereocenters. The van der Waals surface area contributed by atoms with Crippen molar-refractivity contribution in [3.8, 4) is 0 Å². The highest BCUT2D eigenvalue weighted by atomic mass is 35.5. The topological polar surface area (TPSA) is 0 Å². The minimum atomic E-state index is -2.92. The second-order valence-corrected chi connectivity index (χ2v) is 4.89. The molecule has 0 heterocycles. The summed E-state index contributed by atoms with van der Waals surface area (Å²) in [5, 5.41) is 0.981. The first-order valence-corrected chi connectivity index (χ1v) is 6.11. The Hall–Kier alpha value is -1.12. The third-order valence-electron chi connectivity index (χ3n) is 2.61. The Kier molecular flexibility index (Phi) is 3.88. The van der Waals surface area contributed by atoms with Gasteiger partial charge in [-0.05, 0) is 29.8 Å². The predicted molar refractivity (Wildman–Crippen MR) is 70.5 cm³/mol. The molecule has 0 amide bonds. The van der Waals surface area contributed by atoms with E-state index in [4.69, 9.17) is 23.2 Å². The molecule has 0 radical (unpaired) electrons. The van der Waals surface area contributed by atoms with E-state index < -0.39 is 5.92 Å². The number of alkyl halides is 2. The van der Waals surface area contributed by atoms with Gasteiger partial charge in [0.15, 0.2) is 0 Å². The summed E-state index contributed by atoms with van der Waals surface area (Å²) >= 11 is 11.4. The van der Waals surface area contributed by atoms with E-state index in [0.29, 0.717) is 15.6 Å². The summed E-state index contributed by atoms with van der Waals surface area (Å²) in [5.41, 5.74) is 0.501. The Bertz CT molecular complexity index is 518. The monoisotopic (exact) mass is 286 g/mol. The van der Waals surface area contributed by atoms with Crippen LogP contribution in [-0.4, -0.2) is 0 Å². The van der Waals surface area contributed by atoms with Gasteiger partial charge in [-0.2, -0.15) is 0 Å². The number of hydrogen-bond donors (Lipinski definition) is 0. The van der Waals surface area contributed by atoms with Gasteiger partial charge in [0.1, 0.15) is 0 Å². The van der Waals surface area contributed by atoms with E-state index in [9.17, 15) is 8.78 Å². The van der Waals surface area contributed by atoms with E-state index in [2.05, 4.69) is 0 Å². The number of rotatable bonds is 3. The summed E-state index contributed by atoms with van der Waals surface area (Å²) in [5.74, 6) is -2.92. The lowest BCUT2D eigenvalue weighted by Gasteiger charge is -2.17. The fourth-order valence-corrected chi connectivity index (χ4v) is 1.91. The minimum Gasteiger partial charge on any atom is -0.201 e. The van der Waals surface area contributed by atoms with Crippen molar-refractivity contribution in [2.75, 3.05) is 0 Å². The zero-order chi connectivity index (χ0) is 13.2. The fourth-order valence-electron chi connectivity index (χ4n) is 1.65. The Morgan fingerprint density at radius 3 is 1.72 bits per heavy atom. The standard InChI is InChI=1S/C14H10Cl2F2/c15-12-5-1-10(2-6-12)9-14(17,18)11-3-7-13(16)8-4-11/h1-8H,9H2. The summed E-state index contributed by atoms with van der Waals surface area (Å²) in [6.45, 7) is 0. The van der Waals surface area contributed by atoms with Crippen molar-refractivity contribution in [1.82, 2.24) is 0 Å². The first-order chi connectivity index (χ1) is 8.47. The first-order valence-electron chi connectivity index (χ1n) is 5.36. The van der Waals surface area contributed by atoms with E-state index >= 15 is 0 Å². The summed E-state index contributed by atoms with van der Waals surface area (Å²) in [7, 11) is 0. The third-order valence-corrected chi connectivity index (χ3v) is 3.11. The molecule has 0 aliphatic carbocycles. The van der Waals surface area contributed by atoms with Crippen LogP contribution in [0.4, 0.5) is 8.78 Å². The van der Waals surface area contributed by atoms with Gasteiger partial charge in [-0.1, -0.05) is 47.5 Å². The molecule has 0 saturated heterocycles. The van der Waals surface area contributed by atoms with E-state index in [1.54, 1.807) is 24.3 Å². The maximum atomic E-state index is 14.0. The van der Waals surface area contributed by atoms with Crippen LogP contribution in [-0.2, 0) is 12.3 Å². The lowest BCUT2D eigenvalue weighted by molar-refractivity contribution is -0.00381. The van der Waals surface area contributed by atoms with Crippen molar-refractivity contribution in [2.45, 2.75) is 12.3 Å². The molecule has 0 bridgehead atoms. The molecule has 0 unspecified atom stereocenters. The van der Waals surface area contributed by atoms with E-state index in [0.717, 1.165) is 0 Å². The SMILES string of the molecule is FC(F)(Cc1ccc(Cl)cc1)c1ccc(Cl)cc1. The first kappa shape index (κ1) is 13.3. The van der Waals surface area contributed by atoms with Crippen LogP contribution in [0.1, 0.15) is 11.1 Å². The predicted octanol–water partition coefficient (Wildman–Crippen LogP) is 5.33. The molecule has 0 saturated carbocycles. The van der Waals surface area contributed by atoms with Gasteiger partial charge in [-0.25, -0.2) is 8.78 Å². The highest BCUT2D eigenvalue weighted by Gasteiger charge is 2.31. The normalized spacial score (nSPS) is 11.6. The molecule has 0 N–H and O–H groups in total. The van der Waals surface area contributed by atoms with E-state index in [1.807, 2.05) is 0 Å². The molecular weight excluding hydrogens is 277 g/mol. The van der Waals surface area contributed by atoms with Crippen molar-refractivity contribution in [3.05, 3.63) is 69.7 Å². The minimum absolute atomic E-state index is 0.0400. The zero-order valence-electron chi connectivity index (χ0n) is 9.34. The molecule has 2 rings (SSSR count).